The van der Waals surface area contributed by atoms with E-state index in [9.17, 15) is 4.79 Å². The smallest absolute Gasteiger partial charge is 0.232 e. The number of carbonyl (C=O) groups is 1. The van der Waals surface area contributed by atoms with Gasteiger partial charge in [0, 0.05) is 44.5 Å². The highest BCUT2D eigenvalue weighted by Crippen LogP contribution is 2.19. The minimum atomic E-state index is -0.154. The van der Waals surface area contributed by atoms with Crippen molar-refractivity contribution in [1.29, 1.82) is 0 Å². The van der Waals surface area contributed by atoms with Crippen molar-refractivity contribution >= 4 is 17.3 Å². The van der Waals surface area contributed by atoms with E-state index in [1.165, 1.54) is 5.69 Å². The second-order valence-corrected chi connectivity index (χ2v) is 5.79. The van der Waals surface area contributed by atoms with Crippen molar-refractivity contribution in [2.45, 2.75) is 13.3 Å². The number of hydrogen-bond donors (Lipinski definition) is 1. The molecule has 0 aliphatic carbocycles. The van der Waals surface area contributed by atoms with E-state index in [4.69, 9.17) is 4.52 Å². The predicted octanol–water partition coefficient (Wildman–Crippen LogP) is 1.31. The molecule has 0 unspecified atom stereocenters. The lowest BCUT2D eigenvalue weighted by Gasteiger charge is -2.34. The van der Waals surface area contributed by atoms with E-state index in [2.05, 4.69) is 32.3 Å². The summed E-state index contributed by atoms with van der Waals surface area (Å²) in [7, 11) is 2.14. The lowest BCUT2D eigenvalue weighted by atomic mass is 10.2. The first-order chi connectivity index (χ1) is 11.1. The minimum absolute atomic E-state index is 0.109. The van der Waals surface area contributed by atoms with E-state index in [-0.39, 0.29) is 12.3 Å². The Morgan fingerprint density at radius 2 is 1.91 bits per heavy atom. The van der Waals surface area contributed by atoms with Gasteiger partial charge in [0.05, 0.1) is 6.42 Å². The third kappa shape index (κ3) is 4.07. The van der Waals surface area contributed by atoms with Gasteiger partial charge in [-0.2, -0.15) is 4.98 Å². The fourth-order valence-electron chi connectivity index (χ4n) is 2.58. The molecule has 1 aliphatic rings. The first-order valence-electron chi connectivity index (χ1n) is 7.73. The Kier molecular flexibility index (Phi) is 4.57. The van der Waals surface area contributed by atoms with Crippen LogP contribution in [0.5, 0.6) is 0 Å². The van der Waals surface area contributed by atoms with Crippen molar-refractivity contribution in [2.75, 3.05) is 43.4 Å². The van der Waals surface area contributed by atoms with Crippen LogP contribution in [0.2, 0.25) is 0 Å². The molecule has 0 bridgehead atoms. The highest BCUT2D eigenvalue weighted by Gasteiger charge is 2.14. The summed E-state index contributed by atoms with van der Waals surface area (Å²) in [5, 5.41) is 6.57. The zero-order valence-electron chi connectivity index (χ0n) is 13.5. The second-order valence-electron chi connectivity index (χ2n) is 5.79. The van der Waals surface area contributed by atoms with Gasteiger partial charge in [0.1, 0.15) is 0 Å². The summed E-state index contributed by atoms with van der Waals surface area (Å²) in [4.78, 5) is 20.7. The Morgan fingerprint density at radius 3 is 2.52 bits per heavy atom. The summed E-state index contributed by atoms with van der Waals surface area (Å²) in [5.41, 5.74) is 1.96. The van der Waals surface area contributed by atoms with Crippen LogP contribution in [0.4, 0.5) is 11.4 Å². The summed E-state index contributed by atoms with van der Waals surface area (Å²) < 4.78 is 4.86. The largest absolute Gasteiger partial charge is 0.369 e. The molecule has 3 rings (SSSR count). The quantitative estimate of drug-likeness (QED) is 0.917. The van der Waals surface area contributed by atoms with Crippen LogP contribution in [-0.4, -0.2) is 54.2 Å². The molecule has 1 fully saturated rings. The first-order valence-corrected chi connectivity index (χ1v) is 7.73. The predicted molar refractivity (Wildman–Crippen MR) is 87.5 cm³/mol. The van der Waals surface area contributed by atoms with Crippen LogP contribution in [0.15, 0.2) is 28.8 Å². The van der Waals surface area contributed by atoms with Gasteiger partial charge in [0.25, 0.3) is 0 Å². The number of hydrogen-bond acceptors (Lipinski definition) is 6. The molecule has 1 aliphatic heterocycles. The number of aromatic nitrogens is 2. The van der Waals surface area contributed by atoms with Crippen LogP contribution in [0.1, 0.15) is 11.7 Å². The van der Waals surface area contributed by atoms with Crippen LogP contribution in [0.3, 0.4) is 0 Å². The van der Waals surface area contributed by atoms with Crippen molar-refractivity contribution in [3.05, 3.63) is 36.0 Å². The zero-order chi connectivity index (χ0) is 16.2. The lowest BCUT2D eigenvalue weighted by molar-refractivity contribution is -0.115. The Balaban J connectivity index is 1.55. The fraction of sp³-hybridized carbons (Fsp3) is 0.438. The first kappa shape index (κ1) is 15.5. The average molecular weight is 315 g/mol. The van der Waals surface area contributed by atoms with Gasteiger partial charge in [-0.25, -0.2) is 0 Å². The van der Waals surface area contributed by atoms with Gasteiger partial charge in [-0.3, -0.25) is 4.79 Å². The number of nitrogens with zero attached hydrogens (tertiary/aromatic N) is 4. The number of anilines is 2. The van der Waals surface area contributed by atoms with Gasteiger partial charge in [-0.05, 0) is 31.3 Å². The van der Waals surface area contributed by atoms with Crippen molar-refractivity contribution in [3.63, 3.8) is 0 Å². The van der Waals surface area contributed by atoms with Gasteiger partial charge in [-0.1, -0.05) is 5.16 Å². The third-order valence-corrected chi connectivity index (χ3v) is 3.91. The number of carbonyl (C=O) groups excluding carboxylic acids is 1. The molecule has 1 N–H and O–H groups in total. The molecule has 7 heteroatoms. The van der Waals surface area contributed by atoms with E-state index in [1.807, 2.05) is 24.3 Å². The molecule has 0 atom stereocenters. The Hall–Kier alpha value is -2.41. The molecule has 1 aromatic heterocycles. The number of likely N-dealkylation sites (N-methyl/N-ethyl adjacent to an activating group) is 1. The van der Waals surface area contributed by atoms with Crippen LogP contribution in [-0.2, 0) is 11.2 Å². The summed E-state index contributed by atoms with van der Waals surface area (Å²) in [6.45, 7) is 5.90. The maximum absolute atomic E-state index is 12.0. The van der Waals surface area contributed by atoms with Gasteiger partial charge in [0.2, 0.25) is 11.8 Å². The highest BCUT2D eigenvalue weighted by atomic mass is 16.5. The second kappa shape index (κ2) is 6.78. The SMILES string of the molecule is Cc1nc(CC(=O)Nc2ccc(N3CCN(C)CC3)cc2)no1. The van der Waals surface area contributed by atoms with Crippen LogP contribution >= 0.6 is 0 Å². The molecular formula is C16H21N5O2. The number of rotatable bonds is 4. The number of aryl methyl sites for hydroxylation is 1. The van der Waals surface area contributed by atoms with Gasteiger partial charge < -0.3 is 19.6 Å². The van der Waals surface area contributed by atoms with Gasteiger partial charge >= 0.3 is 0 Å². The molecule has 0 spiro atoms. The standard InChI is InChI=1S/C16H21N5O2/c1-12-17-15(19-23-12)11-16(22)18-13-3-5-14(6-4-13)21-9-7-20(2)8-10-21/h3-6H,7-11H2,1-2H3,(H,18,22). The molecule has 1 amide bonds. The number of nitrogens with one attached hydrogen (secondary N) is 1. The van der Waals surface area contributed by atoms with E-state index in [0.29, 0.717) is 11.7 Å². The summed E-state index contributed by atoms with van der Waals surface area (Å²) in [5.74, 6) is 0.705. The van der Waals surface area contributed by atoms with Crippen molar-refractivity contribution in [3.8, 4) is 0 Å². The van der Waals surface area contributed by atoms with Crippen molar-refractivity contribution in [2.24, 2.45) is 0 Å². The van der Waals surface area contributed by atoms with Crippen molar-refractivity contribution in [1.82, 2.24) is 15.0 Å². The Morgan fingerprint density at radius 1 is 1.22 bits per heavy atom. The Labute approximate surface area is 135 Å². The summed E-state index contributed by atoms with van der Waals surface area (Å²) in [6, 6.07) is 7.93. The van der Waals surface area contributed by atoms with Gasteiger partial charge in [0.15, 0.2) is 5.82 Å². The number of amides is 1. The summed E-state index contributed by atoms with van der Waals surface area (Å²) >= 11 is 0. The average Bonchev–Trinajstić information content (AvgIpc) is 2.94. The maximum atomic E-state index is 12.0. The molecule has 1 saturated heterocycles. The molecule has 0 saturated carbocycles. The molecule has 7 nitrogen and oxygen atoms in total. The normalized spacial score (nSPS) is 15.7. The maximum Gasteiger partial charge on any atom is 0.232 e. The van der Waals surface area contributed by atoms with Crippen LogP contribution < -0.4 is 10.2 Å². The van der Waals surface area contributed by atoms with Gasteiger partial charge in [-0.15, -0.1) is 0 Å². The molecule has 2 heterocycles. The molecule has 0 radical (unpaired) electrons. The topological polar surface area (TPSA) is 74.5 Å². The fourth-order valence-corrected chi connectivity index (χ4v) is 2.58. The lowest BCUT2D eigenvalue weighted by Crippen LogP contribution is -2.44. The summed E-state index contributed by atoms with van der Waals surface area (Å²) in [6.07, 6.45) is 0.109. The van der Waals surface area contributed by atoms with Crippen LogP contribution in [0.25, 0.3) is 0 Å². The number of piperazine rings is 1. The van der Waals surface area contributed by atoms with E-state index in [1.54, 1.807) is 6.92 Å². The molecular weight excluding hydrogens is 294 g/mol. The highest BCUT2D eigenvalue weighted by molar-refractivity contribution is 5.91. The molecule has 122 valence electrons. The van der Waals surface area contributed by atoms with E-state index >= 15 is 0 Å². The molecule has 23 heavy (non-hydrogen) atoms. The third-order valence-electron chi connectivity index (χ3n) is 3.91. The van der Waals surface area contributed by atoms with Crippen molar-refractivity contribution < 1.29 is 9.32 Å². The zero-order valence-corrected chi connectivity index (χ0v) is 13.5. The van der Waals surface area contributed by atoms with E-state index in [0.717, 1.165) is 31.9 Å². The number of benzene rings is 1. The molecule has 1 aromatic carbocycles. The Bertz CT molecular complexity index is 659. The van der Waals surface area contributed by atoms with E-state index < -0.39 is 0 Å². The minimum Gasteiger partial charge on any atom is -0.369 e. The van der Waals surface area contributed by atoms with Crippen LogP contribution in [0, 0.1) is 6.92 Å². The molecule has 2 aromatic rings. The monoisotopic (exact) mass is 315 g/mol.